The molecule has 2 fully saturated rings. The van der Waals surface area contributed by atoms with Gasteiger partial charge >= 0.3 is 0 Å². The van der Waals surface area contributed by atoms with E-state index in [1.54, 1.807) is 4.68 Å². The van der Waals surface area contributed by atoms with E-state index in [-0.39, 0.29) is 16.6 Å². The third-order valence-corrected chi connectivity index (χ3v) is 4.72. The molecule has 0 aromatic carbocycles. The van der Waals surface area contributed by atoms with Crippen LogP contribution in [0.5, 0.6) is 0 Å². The van der Waals surface area contributed by atoms with Gasteiger partial charge in [0.1, 0.15) is 0 Å². The molecule has 4 heteroatoms. The van der Waals surface area contributed by atoms with Crippen molar-refractivity contribution in [2.75, 3.05) is 6.61 Å². The topological polar surface area (TPSA) is 44.1 Å². The van der Waals surface area contributed by atoms with Crippen molar-refractivity contribution in [3.05, 3.63) is 27.7 Å². The quantitative estimate of drug-likeness (QED) is 0.861. The standard InChI is InChI=1S/C18H28N2O2/c1-17(2,3)14-8-15(13-6-7-13)19-20(16(14)21)10-12-9-18(4,5)22-11-12/h8,12-13H,6-7,9-11H2,1-5H3. The second kappa shape index (κ2) is 5.19. The lowest BCUT2D eigenvalue weighted by Crippen LogP contribution is -2.34. The van der Waals surface area contributed by atoms with Gasteiger partial charge in [-0.2, -0.15) is 5.10 Å². The highest BCUT2D eigenvalue weighted by Crippen LogP contribution is 2.39. The molecular weight excluding hydrogens is 276 g/mol. The molecule has 0 N–H and O–H groups in total. The van der Waals surface area contributed by atoms with Crippen LogP contribution in [0.15, 0.2) is 10.9 Å². The van der Waals surface area contributed by atoms with E-state index >= 15 is 0 Å². The lowest BCUT2D eigenvalue weighted by molar-refractivity contribution is 0.0346. The summed E-state index contributed by atoms with van der Waals surface area (Å²) >= 11 is 0. The van der Waals surface area contributed by atoms with Crippen LogP contribution in [0.1, 0.15) is 71.1 Å². The summed E-state index contributed by atoms with van der Waals surface area (Å²) in [5.74, 6) is 0.937. The molecule has 2 heterocycles. The van der Waals surface area contributed by atoms with E-state index < -0.39 is 0 Å². The summed E-state index contributed by atoms with van der Waals surface area (Å²) in [5.41, 5.74) is 1.85. The summed E-state index contributed by atoms with van der Waals surface area (Å²) in [6.45, 7) is 11.9. The molecule has 1 unspecified atom stereocenters. The third-order valence-electron chi connectivity index (χ3n) is 4.72. The number of hydrogen-bond acceptors (Lipinski definition) is 3. The maximum Gasteiger partial charge on any atom is 0.270 e. The lowest BCUT2D eigenvalue weighted by atomic mass is 9.87. The van der Waals surface area contributed by atoms with Crippen molar-refractivity contribution >= 4 is 0 Å². The van der Waals surface area contributed by atoms with Gasteiger partial charge in [-0.1, -0.05) is 20.8 Å². The molecule has 22 heavy (non-hydrogen) atoms. The highest BCUT2D eigenvalue weighted by Gasteiger charge is 2.34. The average molecular weight is 304 g/mol. The van der Waals surface area contributed by atoms with Crippen LogP contribution in [-0.2, 0) is 16.7 Å². The van der Waals surface area contributed by atoms with Gasteiger partial charge in [0.25, 0.3) is 5.56 Å². The highest BCUT2D eigenvalue weighted by molar-refractivity contribution is 5.25. The summed E-state index contributed by atoms with van der Waals surface area (Å²) in [5, 5.41) is 4.67. The Kier molecular flexibility index (Phi) is 3.71. The first-order valence-corrected chi connectivity index (χ1v) is 8.42. The molecule has 0 radical (unpaired) electrons. The Morgan fingerprint density at radius 2 is 2.05 bits per heavy atom. The van der Waals surface area contributed by atoms with Crippen LogP contribution in [0.4, 0.5) is 0 Å². The van der Waals surface area contributed by atoms with Crippen LogP contribution in [0, 0.1) is 5.92 Å². The summed E-state index contributed by atoms with van der Waals surface area (Å²) in [6, 6.07) is 2.05. The van der Waals surface area contributed by atoms with Crippen LogP contribution in [-0.4, -0.2) is 22.0 Å². The minimum atomic E-state index is -0.142. The van der Waals surface area contributed by atoms with Crippen LogP contribution in [0.2, 0.25) is 0 Å². The largest absolute Gasteiger partial charge is 0.375 e. The Balaban J connectivity index is 1.93. The minimum Gasteiger partial charge on any atom is -0.375 e. The number of rotatable bonds is 3. The first kappa shape index (κ1) is 15.7. The van der Waals surface area contributed by atoms with Crippen molar-refractivity contribution in [3.63, 3.8) is 0 Å². The van der Waals surface area contributed by atoms with Gasteiger partial charge in [-0.3, -0.25) is 4.79 Å². The van der Waals surface area contributed by atoms with Crippen LogP contribution in [0.3, 0.4) is 0 Å². The van der Waals surface area contributed by atoms with Gasteiger partial charge < -0.3 is 4.74 Å². The minimum absolute atomic E-state index is 0.0709. The zero-order chi connectivity index (χ0) is 16.1. The van der Waals surface area contributed by atoms with Crippen molar-refractivity contribution in [1.29, 1.82) is 0 Å². The molecule has 122 valence electrons. The maximum absolute atomic E-state index is 12.8. The molecule has 1 saturated heterocycles. The van der Waals surface area contributed by atoms with Gasteiger partial charge in [-0.05, 0) is 44.6 Å². The van der Waals surface area contributed by atoms with Gasteiger partial charge in [0, 0.05) is 17.4 Å². The van der Waals surface area contributed by atoms with E-state index in [1.807, 2.05) is 6.07 Å². The number of ether oxygens (including phenoxy) is 1. The molecule has 1 aliphatic heterocycles. The van der Waals surface area contributed by atoms with Crippen LogP contribution < -0.4 is 5.56 Å². The van der Waals surface area contributed by atoms with Gasteiger partial charge in [-0.25, -0.2) is 4.68 Å². The first-order valence-electron chi connectivity index (χ1n) is 8.42. The Morgan fingerprint density at radius 1 is 1.36 bits per heavy atom. The van der Waals surface area contributed by atoms with Crippen molar-refractivity contribution in [2.24, 2.45) is 5.92 Å². The molecule has 1 atom stereocenters. The van der Waals surface area contributed by atoms with Crippen molar-refractivity contribution in [2.45, 2.75) is 77.4 Å². The molecule has 0 bridgehead atoms. The number of nitrogens with zero attached hydrogens (tertiary/aromatic N) is 2. The zero-order valence-electron chi connectivity index (χ0n) is 14.5. The van der Waals surface area contributed by atoms with E-state index in [1.165, 1.54) is 12.8 Å². The van der Waals surface area contributed by atoms with E-state index in [9.17, 15) is 4.79 Å². The Hall–Kier alpha value is -1.16. The fraction of sp³-hybridized carbons (Fsp3) is 0.778. The smallest absolute Gasteiger partial charge is 0.270 e. The van der Waals surface area contributed by atoms with E-state index in [4.69, 9.17) is 4.74 Å². The fourth-order valence-electron chi connectivity index (χ4n) is 3.32. The molecule has 1 aromatic rings. The molecule has 1 saturated carbocycles. The maximum atomic E-state index is 12.8. The summed E-state index contributed by atoms with van der Waals surface area (Å²) < 4.78 is 7.52. The molecule has 0 spiro atoms. The predicted octanol–water partition coefficient (Wildman–Crippen LogP) is 3.23. The van der Waals surface area contributed by atoms with Crippen molar-refractivity contribution < 1.29 is 4.74 Å². The third kappa shape index (κ3) is 3.27. The lowest BCUT2D eigenvalue weighted by Gasteiger charge is -2.21. The highest BCUT2D eigenvalue weighted by atomic mass is 16.5. The summed E-state index contributed by atoms with van der Waals surface area (Å²) in [6.07, 6.45) is 3.39. The Morgan fingerprint density at radius 3 is 2.55 bits per heavy atom. The summed E-state index contributed by atoms with van der Waals surface area (Å²) in [4.78, 5) is 12.8. The van der Waals surface area contributed by atoms with Crippen molar-refractivity contribution in [1.82, 2.24) is 9.78 Å². The molecule has 3 rings (SSSR count). The molecule has 0 amide bonds. The first-order chi connectivity index (χ1) is 10.2. The number of hydrogen-bond donors (Lipinski definition) is 0. The van der Waals surface area contributed by atoms with Crippen molar-refractivity contribution in [3.8, 4) is 0 Å². The second-order valence-corrected chi connectivity index (χ2v) is 8.64. The Bertz CT molecular complexity index is 621. The monoisotopic (exact) mass is 304 g/mol. The van der Waals surface area contributed by atoms with Gasteiger partial charge in [-0.15, -0.1) is 0 Å². The fourth-order valence-corrected chi connectivity index (χ4v) is 3.32. The van der Waals surface area contributed by atoms with E-state index in [0.29, 0.717) is 18.4 Å². The van der Waals surface area contributed by atoms with Gasteiger partial charge in [0.2, 0.25) is 0 Å². The SMILES string of the molecule is CC1(C)CC(Cn2nc(C3CC3)cc(C(C)(C)C)c2=O)CO1. The molecule has 2 aliphatic rings. The Labute approximate surface area is 132 Å². The van der Waals surface area contributed by atoms with Gasteiger partial charge in [0.05, 0.1) is 24.4 Å². The molecule has 1 aliphatic carbocycles. The van der Waals surface area contributed by atoms with Crippen LogP contribution in [0.25, 0.3) is 0 Å². The normalized spacial score (nSPS) is 24.7. The molecule has 4 nitrogen and oxygen atoms in total. The average Bonchev–Trinajstić information content (AvgIpc) is 3.16. The molecular formula is C18H28N2O2. The van der Waals surface area contributed by atoms with Crippen LogP contribution >= 0.6 is 0 Å². The van der Waals surface area contributed by atoms with Gasteiger partial charge in [0.15, 0.2) is 0 Å². The van der Waals surface area contributed by atoms with E-state index in [0.717, 1.165) is 24.3 Å². The number of aromatic nitrogens is 2. The second-order valence-electron chi connectivity index (χ2n) is 8.64. The predicted molar refractivity (Wildman–Crippen MR) is 87.3 cm³/mol. The zero-order valence-corrected chi connectivity index (χ0v) is 14.5. The molecule has 1 aromatic heterocycles. The van der Waals surface area contributed by atoms with E-state index in [2.05, 4.69) is 39.7 Å². The summed E-state index contributed by atoms with van der Waals surface area (Å²) in [7, 11) is 0.